The van der Waals surface area contributed by atoms with E-state index in [0.29, 0.717) is 56.7 Å². The molecule has 0 aromatic heterocycles. The van der Waals surface area contributed by atoms with Gasteiger partial charge in [-0.15, -0.1) is 0 Å². The fourth-order valence-corrected chi connectivity index (χ4v) is 6.69. The number of sulfonamides is 1. The molecule has 0 spiro atoms. The van der Waals surface area contributed by atoms with Crippen LogP contribution in [0.4, 0.5) is 0 Å². The number of piperidine rings is 1. The zero-order valence-electron chi connectivity index (χ0n) is 18.5. The summed E-state index contributed by atoms with van der Waals surface area (Å²) in [7, 11) is -3.63. The average Bonchev–Trinajstić information content (AvgIpc) is 2.71. The van der Waals surface area contributed by atoms with Gasteiger partial charge in [0.25, 0.3) is 5.91 Å². The van der Waals surface area contributed by atoms with Crippen molar-refractivity contribution < 1.29 is 18.0 Å². The molecule has 2 aliphatic heterocycles. The second-order valence-electron chi connectivity index (χ2n) is 9.54. The molecule has 8 heteroatoms. The topological polar surface area (TPSA) is 78.0 Å². The van der Waals surface area contributed by atoms with Crippen LogP contribution in [0.5, 0.6) is 0 Å². The fraction of sp³-hybridized carbons (Fsp3) is 0.652. The normalized spacial score (nSPS) is 25.9. The van der Waals surface area contributed by atoms with E-state index >= 15 is 0 Å². The van der Waals surface area contributed by atoms with E-state index in [4.69, 9.17) is 0 Å². The first-order chi connectivity index (χ1) is 14.8. The van der Waals surface area contributed by atoms with Crippen molar-refractivity contribution in [3.63, 3.8) is 0 Å². The van der Waals surface area contributed by atoms with Gasteiger partial charge in [0.15, 0.2) is 0 Å². The van der Waals surface area contributed by atoms with E-state index in [9.17, 15) is 18.0 Å². The van der Waals surface area contributed by atoms with Crippen molar-refractivity contribution >= 4 is 21.8 Å². The Morgan fingerprint density at radius 1 is 0.935 bits per heavy atom. The van der Waals surface area contributed by atoms with Crippen LogP contribution in [0.25, 0.3) is 0 Å². The minimum Gasteiger partial charge on any atom is -0.339 e. The largest absolute Gasteiger partial charge is 0.339 e. The van der Waals surface area contributed by atoms with Crippen LogP contribution >= 0.6 is 0 Å². The standard InChI is InChI=1S/C23H33N3O4S/c1-17-13-18(2)16-26(15-17)31(29,30)21-8-4-7-20(14-21)23(28)25-11-9-24(10-12-25)22(27)19-5-3-6-19/h4,7-8,14,17-19H,3,5-6,9-13,15-16H2,1-2H3. The van der Waals surface area contributed by atoms with Crippen LogP contribution in [0.3, 0.4) is 0 Å². The molecule has 0 radical (unpaired) electrons. The van der Waals surface area contributed by atoms with Crippen LogP contribution in [-0.2, 0) is 14.8 Å². The molecule has 3 aliphatic rings. The lowest BCUT2D eigenvalue weighted by molar-refractivity contribution is -0.139. The van der Waals surface area contributed by atoms with Gasteiger partial charge in [0, 0.05) is 50.7 Å². The second kappa shape index (κ2) is 8.90. The van der Waals surface area contributed by atoms with Gasteiger partial charge in [-0.1, -0.05) is 26.3 Å². The number of carbonyl (C=O) groups excluding carboxylic acids is 2. The lowest BCUT2D eigenvalue weighted by atomic mass is 9.84. The van der Waals surface area contributed by atoms with Crippen LogP contribution in [0.15, 0.2) is 29.2 Å². The Kier molecular flexibility index (Phi) is 6.40. The van der Waals surface area contributed by atoms with E-state index in [1.807, 2.05) is 4.90 Å². The molecule has 0 N–H and O–H groups in total. The summed E-state index contributed by atoms with van der Waals surface area (Å²) in [5.74, 6) is 0.860. The van der Waals surface area contributed by atoms with Crippen molar-refractivity contribution in [2.24, 2.45) is 17.8 Å². The molecule has 4 rings (SSSR count). The number of carbonyl (C=O) groups is 2. The van der Waals surface area contributed by atoms with Gasteiger partial charge in [0.2, 0.25) is 15.9 Å². The summed E-state index contributed by atoms with van der Waals surface area (Å²) in [5, 5.41) is 0. The molecule has 1 aliphatic carbocycles. The Morgan fingerprint density at radius 3 is 2.13 bits per heavy atom. The van der Waals surface area contributed by atoms with E-state index in [1.54, 1.807) is 27.4 Å². The highest BCUT2D eigenvalue weighted by Gasteiger charge is 2.34. The third-order valence-corrected chi connectivity index (χ3v) is 8.71. The zero-order valence-corrected chi connectivity index (χ0v) is 19.3. The van der Waals surface area contributed by atoms with Crippen LogP contribution in [0.2, 0.25) is 0 Å². The van der Waals surface area contributed by atoms with Crippen LogP contribution < -0.4 is 0 Å². The quantitative estimate of drug-likeness (QED) is 0.710. The number of amides is 2. The molecule has 1 saturated carbocycles. The molecule has 0 bridgehead atoms. The Morgan fingerprint density at radius 2 is 1.55 bits per heavy atom. The summed E-state index contributed by atoms with van der Waals surface area (Å²) in [5.41, 5.74) is 0.387. The predicted octanol–water partition coefficient (Wildman–Crippen LogP) is 2.44. The molecular formula is C23H33N3O4S. The van der Waals surface area contributed by atoms with Gasteiger partial charge in [0.05, 0.1) is 4.90 Å². The minimum atomic E-state index is -3.63. The molecule has 1 aromatic rings. The molecule has 170 valence electrons. The van der Waals surface area contributed by atoms with Gasteiger partial charge in [0.1, 0.15) is 0 Å². The third-order valence-electron chi connectivity index (χ3n) is 6.89. The summed E-state index contributed by atoms with van der Waals surface area (Å²) in [4.78, 5) is 29.3. The third kappa shape index (κ3) is 4.65. The maximum absolute atomic E-state index is 13.2. The maximum atomic E-state index is 13.2. The second-order valence-corrected chi connectivity index (χ2v) is 11.5. The summed E-state index contributed by atoms with van der Waals surface area (Å²) < 4.78 is 28.0. The monoisotopic (exact) mass is 447 g/mol. The summed E-state index contributed by atoms with van der Waals surface area (Å²) in [6, 6.07) is 6.40. The number of hydrogen-bond donors (Lipinski definition) is 0. The molecule has 2 atom stereocenters. The average molecular weight is 448 g/mol. The summed E-state index contributed by atoms with van der Waals surface area (Å²) in [6.07, 6.45) is 4.12. The van der Waals surface area contributed by atoms with Crippen LogP contribution in [0.1, 0.15) is 49.9 Å². The van der Waals surface area contributed by atoms with Crippen molar-refractivity contribution in [1.82, 2.24) is 14.1 Å². The van der Waals surface area contributed by atoms with Gasteiger partial charge >= 0.3 is 0 Å². The Bertz CT molecular complexity index is 926. The van der Waals surface area contributed by atoms with E-state index in [1.165, 1.54) is 6.07 Å². The first kappa shape index (κ1) is 22.3. The number of hydrogen-bond acceptors (Lipinski definition) is 4. The number of rotatable bonds is 4. The highest BCUT2D eigenvalue weighted by Crippen LogP contribution is 2.29. The SMILES string of the molecule is CC1CC(C)CN(S(=O)(=O)c2cccc(C(=O)N3CCN(C(=O)C4CCC4)CC3)c2)C1. The van der Waals surface area contributed by atoms with Gasteiger partial charge in [-0.3, -0.25) is 9.59 Å². The van der Waals surface area contributed by atoms with E-state index in [-0.39, 0.29) is 22.6 Å². The van der Waals surface area contributed by atoms with E-state index in [0.717, 1.165) is 25.7 Å². The van der Waals surface area contributed by atoms with Crippen molar-refractivity contribution in [1.29, 1.82) is 0 Å². The lowest BCUT2D eigenvalue weighted by Crippen LogP contribution is -2.52. The van der Waals surface area contributed by atoms with E-state index in [2.05, 4.69) is 13.8 Å². The number of benzene rings is 1. The highest BCUT2D eigenvalue weighted by atomic mass is 32.2. The Hall–Kier alpha value is -1.93. The van der Waals surface area contributed by atoms with Gasteiger partial charge in [-0.25, -0.2) is 8.42 Å². The zero-order chi connectivity index (χ0) is 22.2. The molecule has 3 fully saturated rings. The Labute approximate surface area is 185 Å². The van der Waals surface area contributed by atoms with Crippen LogP contribution in [-0.4, -0.2) is 73.6 Å². The maximum Gasteiger partial charge on any atom is 0.254 e. The van der Waals surface area contributed by atoms with Gasteiger partial charge in [-0.05, 0) is 49.3 Å². The van der Waals surface area contributed by atoms with Gasteiger partial charge in [-0.2, -0.15) is 4.31 Å². The number of piperazine rings is 1. The molecule has 7 nitrogen and oxygen atoms in total. The predicted molar refractivity (Wildman–Crippen MR) is 118 cm³/mol. The summed E-state index contributed by atoms with van der Waals surface area (Å²) in [6.45, 7) is 7.24. The van der Waals surface area contributed by atoms with Crippen LogP contribution in [0, 0.1) is 17.8 Å². The first-order valence-electron chi connectivity index (χ1n) is 11.4. The molecule has 31 heavy (non-hydrogen) atoms. The van der Waals surface area contributed by atoms with Crippen molar-refractivity contribution in [2.45, 2.75) is 44.4 Å². The van der Waals surface area contributed by atoms with E-state index < -0.39 is 10.0 Å². The summed E-state index contributed by atoms with van der Waals surface area (Å²) >= 11 is 0. The molecular weight excluding hydrogens is 414 g/mol. The lowest BCUT2D eigenvalue weighted by Gasteiger charge is -2.38. The number of nitrogens with zero attached hydrogens (tertiary/aromatic N) is 3. The fourth-order valence-electron chi connectivity index (χ4n) is 4.97. The molecule has 2 saturated heterocycles. The smallest absolute Gasteiger partial charge is 0.254 e. The first-order valence-corrected chi connectivity index (χ1v) is 12.9. The molecule has 1 aromatic carbocycles. The highest BCUT2D eigenvalue weighted by molar-refractivity contribution is 7.89. The molecule has 2 amide bonds. The van der Waals surface area contributed by atoms with Crippen molar-refractivity contribution in [3.05, 3.63) is 29.8 Å². The molecule has 2 heterocycles. The minimum absolute atomic E-state index is 0.171. The van der Waals surface area contributed by atoms with Gasteiger partial charge < -0.3 is 9.80 Å². The van der Waals surface area contributed by atoms with Crippen molar-refractivity contribution in [2.75, 3.05) is 39.3 Å². The molecule has 2 unspecified atom stereocenters. The van der Waals surface area contributed by atoms with Crippen molar-refractivity contribution in [3.8, 4) is 0 Å². The Balaban J connectivity index is 1.43.